The van der Waals surface area contributed by atoms with Crippen LogP contribution in [-0.4, -0.2) is 13.5 Å². The van der Waals surface area contributed by atoms with E-state index >= 15 is 0 Å². The number of carbonyl (C=O) groups excluding carboxylic acids is 1. The largest absolute Gasteiger partial charge is 2.00 e. The van der Waals surface area contributed by atoms with Crippen LogP contribution >= 0.6 is 0 Å². The molecule has 0 aliphatic carbocycles. The SMILES string of the molecule is CN[C-]=O.[U+2]. The van der Waals surface area contributed by atoms with Gasteiger partial charge in [-0.05, 0) is 7.05 Å². The van der Waals surface area contributed by atoms with Crippen molar-refractivity contribution in [2.75, 3.05) is 7.05 Å². The molecule has 0 rings (SSSR count). The minimum atomic E-state index is 0. The molecule has 0 unspecified atom stereocenters. The van der Waals surface area contributed by atoms with Crippen LogP contribution < -0.4 is 5.32 Å². The third kappa shape index (κ3) is 12.4. The molecule has 0 heterocycles. The monoisotopic (exact) mass is 296 g/mol. The maximum Gasteiger partial charge on any atom is 2.00 e. The molecule has 0 aliphatic rings. The molecule has 1 amide bonds. The quantitative estimate of drug-likeness (QED) is 0.502. The number of rotatable bonds is 1. The first-order valence-corrected chi connectivity index (χ1v) is 0.954. The van der Waals surface area contributed by atoms with E-state index in [4.69, 9.17) is 4.79 Å². The molecule has 1 N–H and O–H groups in total. The van der Waals surface area contributed by atoms with Crippen molar-refractivity contribution in [2.45, 2.75) is 0 Å². The maximum atomic E-state index is 8.94. The van der Waals surface area contributed by atoms with Gasteiger partial charge < -0.3 is 10.1 Å². The Balaban J connectivity index is 0. The third-order valence-electron chi connectivity index (χ3n) is 0.102. The zero-order valence-electron chi connectivity index (χ0n) is 2.91. The van der Waals surface area contributed by atoms with Gasteiger partial charge in [0.05, 0.1) is 0 Å². The van der Waals surface area contributed by atoms with E-state index in [1.807, 2.05) is 0 Å². The summed E-state index contributed by atoms with van der Waals surface area (Å²) >= 11 is 0. The third-order valence-corrected chi connectivity index (χ3v) is 0.102. The molecule has 0 aromatic carbocycles. The summed E-state index contributed by atoms with van der Waals surface area (Å²) in [5.74, 6) is 0. The van der Waals surface area contributed by atoms with E-state index in [0.29, 0.717) is 0 Å². The van der Waals surface area contributed by atoms with Crippen LogP contribution in [0.4, 0.5) is 0 Å². The molecular weight excluding hydrogens is 292 g/mol. The van der Waals surface area contributed by atoms with Crippen molar-refractivity contribution in [3.05, 3.63) is 0 Å². The molecule has 5 heavy (non-hydrogen) atoms. The summed E-state index contributed by atoms with van der Waals surface area (Å²) in [4.78, 5) is 8.94. The average molecular weight is 296 g/mol. The van der Waals surface area contributed by atoms with Crippen molar-refractivity contribution in [2.24, 2.45) is 0 Å². The van der Waals surface area contributed by atoms with Gasteiger partial charge in [-0.1, -0.05) is 0 Å². The number of hydrogen-bond donors (Lipinski definition) is 1. The summed E-state index contributed by atoms with van der Waals surface area (Å²) in [5, 5.41) is 2.12. The first-order valence-electron chi connectivity index (χ1n) is 0.954. The van der Waals surface area contributed by atoms with E-state index < -0.39 is 0 Å². The van der Waals surface area contributed by atoms with Crippen LogP contribution in [0, 0.1) is 31.1 Å². The van der Waals surface area contributed by atoms with Crippen molar-refractivity contribution in [3.63, 3.8) is 0 Å². The summed E-state index contributed by atoms with van der Waals surface area (Å²) < 4.78 is 0. The number of hydrogen-bond acceptors (Lipinski definition) is 1. The zero-order valence-corrected chi connectivity index (χ0v) is 7.07. The second-order valence-electron chi connectivity index (χ2n) is 0.352. The van der Waals surface area contributed by atoms with E-state index in [1.54, 1.807) is 0 Å². The molecule has 26 valence electrons. The molecule has 0 radical (unpaired) electrons. The molecule has 0 atom stereocenters. The molecule has 0 aromatic rings. The van der Waals surface area contributed by atoms with Gasteiger partial charge in [0.2, 0.25) is 0 Å². The van der Waals surface area contributed by atoms with Crippen LogP contribution in [0.2, 0.25) is 0 Å². The molecule has 0 fully saturated rings. The number of nitrogens with one attached hydrogen (secondary N) is 1. The standard InChI is InChI=1S/C2H4NO.U/c1-3-2-4;/h1H3,(H,3,4);/q-1;+2. The number of amides is 1. The minimum Gasteiger partial charge on any atom is -0.532 e. The van der Waals surface area contributed by atoms with E-state index in [1.165, 1.54) is 13.5 Å². The van der Waals surface area contributed by atoms with Gasteiger partial charge in [-0.2, -0.15) is 6.41 Å². The van der Waals surface area contributed by atoms with Gasteiger partial charge >= 0.3 is 31.1 Å². The molecule has 0 spiro atoms. The van der Waals surface area contributed by atoms with Gasteiger partial charge in [-0.15, -0.1) is 0 Å². The Morgan fingerprint density at radius 2 is 2.00 bits per heavy atom. The first kappa shape index (κ1) is 9.10. The predicted octanol–water partition coefficient (Wildman–Crippen LogP) is -0.727. The molecule has 0 saturated heterocycles. The van der Waals surface area contributed by atoms with Gasteiger partial charge in [-0.25, -0.2) is 0 Å². The van der Waals surface area contributed by atoms with Crippen molar-refractivity contribution < 1.29 is 35.9 Å². The molecule has 0 aliphatic heterocycles. The molecule has 0 bridgehead atoms. The summed E-state index contributed by atoms with van der Waals surface area (Å²) in [6.45, 7) is 0. The van der Waals surface area contributed by atoms with E-state index in [9.17, 15) is 0 Å². The summed E-state index contributed by atoms with van der Waals surface area (Å²) in [7, 11) is 1.51. The van der Waals surface area contributed by atoms with E-state index in [-0.39, 0.29) is 31.1 Å². The van der Waals surface area contributed by atoms with Crippen LogP contribution in [0.3, 0.4) is 0 Å². The van der Waals surface area contributed by atoms with Crippen molar-refractivity contribution in [1.29, 1.82) is 0 Å². The summed E-state index contributed by atoms with van der Waals surface area (Å²) in [5.41, 5.74) is 0. The van der Waals surface area contributed by atoms with Crippen LogP contribution in [0.1, 0.15) is 0 Å². The Labute approximate surface area is 54.7 Å². The van der Waals surface area contributed by atoms with Crippen LogP contribution in [0.5, 0.6) is 0 Å². The van der Waals surface area contributed by atoms with Crippen molar-refractivity contribution >= 4 is 6.41 Å². The first-order chi connectivity index (χ1) is 1.91. The van der Waals surface area contributed by atoms with Crippen molar-refractivity contribution in [1.82, 2.24) is 5.32 Å². The maximum absolute atomic E-state index is 8.94. The topological polar surface area (TPSA) is 29.1 Å². The molecular formula is C2H4NOU+. The zero-order chi connectivity index (χ0) is 3.41. The Hall–Kier alpha value is 0.522. The van der Waals surface area contributed by atoms with Gasteiger partial charge in [0, 0.05) is 0 Å². The Bertz CT molecular complexity index is 23.6. The fraction of sp³-hybridized carbons (Fsp3) is 0.500. The molecule has 0 saturated carbocycles. The average Bonchev–Trinajstić information content (AvgIpc) is 1.37. The second kappa shape index (κ2) is 8.82. The fourth-order valence-electron chi connectivity index (χ4n) is 0. The van der Waals surface area contributed by atoms with Crippen LogP contribution in [0.15, 0.2) is 0 Å². The van der Waals surface area contributed by atoms with E-state index in [0.717, 1.165) is 0 Å². The van der Waals surface area contributed by atoms with Gasteiger partial charge in [-0.3, -0.25) is 0 Å². The van der Waals surface area contributed by atoms with Crippen LogP contribution in [0.25, 0.3) is 0 Å². The summed E-state index contributed by atoms with van der Waals surface area (Å²) in [6, 6.07) is 0. The van der Waals surface area contributed by atoms with E-state index in [2.05, 4.69) is 5.32 Å². The smallest absolute Gasteiger partial charge is 0.532 e. The second-order valence-corrected chi connectivity index (χ2v) is 0.352. The molecule has 2 nitrogen and oxygen atoms in total. The Morgan fingerprint density at radius 3 is 2.00 bits per heavy atom. The molecule has 3 heteroatoms. The van der Waals surface area contributed by atoms with Crippen molar-refractivity contribution in [3.8, 4) is 0 Å². The molecule has 0 aromatic heterocycles. The predicted molar refractivity (Wildman–Crippen MR) is 14.8 cm³/mol. The normalized spacial score (nSPS) is 4.20. The Kier molecular flexibility index (Phi) is 16.1. The van der Waals surface area contributed by atoms with Gasteiger partial charge in [0.1, 0.15) is 0 Å². The van der Waals surface area contributed by atoms with Gasteiger partial charge in [0.25, 0.3) is 0 Å². The van der Waals surface area contributed by atoms with Crippen LogP contribution in [-0.2, 0) is 4.79 Å². The Morgan fingerprint density at radius 1 is 1.80 bits per heavy atom. The van der Waals surface area contributed by atoms with Gasteiger partial charge in [0.15, 0.2) is 0 Å². The summed E-state index contributed by atoms with van der Waals surface area (Å²) in [6.07, 6.45) is 1.43. The minimum absolute atomic E-state index is 0. The fourth-order valence-corrected chi connectivity index (χ4v) is 0.